The third-order valence-corrected chi connectivity index (χ3v) is 6.08. The number of ether oxygens (including phenoxy) is 6. The van der Waals surface area contributed by atoms with Crippen molar-refractivity contribution in [2.45, 2.75) is 62.0 Å². The maximum Gasteiger partial charge on any atom is 0.451 e. The Morgan fingerprint density at radius 2 is 0.523 bits per heavy atom. The molecule has 0 aromatic rings. The van der Waals surface area contributed by atoms with E-state index in [-0.39, 0.29) is 34.5 Å². The number of aliphatic hydroxyl groups is 4. The second kappa shape index (κ2) is 20.1. The molecule has 0 aliphatic rings. The van der Waals surface area contributed by atoms with Crippen molar-refractivity contribution < 1.29 is 77.6 Å². The predicted molar refractivity (Wildman–Crippen MR) is 167 cm³/mol. The Bertz CT molecular complexity index is 897. The van der Waals surface area contributed by atoms with Crippen molar-refractivity contribution >= 4 is 112 Å². The van der Waals surface area contributed by atoms with E-state index < -0.39 is 97.9 Å². The molecule has 0 saturated heterocycles. The summed E-state index contributed by atoms with van der Waals surface area (Å²) in [6.07, 6.45) is -4.37. The number of carbonyl (C=O) groups excluding carboxylic acids is 6. The summed E-state index contributed by atoms with van der Waals surface area (Å²) in [4.78, 5) is 75.6. The van der Waals surface area contributed by atoms with Crippen molar-refractivity contribution in [3.8, 4) is 0 Å². The molecule has 0 spiro atoms. The Labute approximate surface area is 284 Å². The summed E-state index contributed by atoms with van der Waals surface area (Å²) >= 11 is 22.8. The van der Waals surface area contributed by atoms with Gasteiger partial charge in [0.2, 0.25) is 0 Å². The van der Waals surface area contributed by atoms with Crippen LogP contribution in [0, 0.1) is 0 Å². The van der Waals surface area contributed by atoms with Crippen LogP contribution in [0.25, 0.3) is 0 Å². The van der Waals surface area contributed by atoms with Gasteiger partial charge in [0.15, 0.2) is 0 Å². The first-order chi connectivity index (χ1) is 20.5. The van der Waals surface area contributed by atoms with E-state index in [1.54, 1.807) is 0 Å². The van der Waals surface area contributed by atoms with E-state index in [1.807, 2.05) is 0 Å². The van der Waals surface area contributed by atoms with E-state index >= 15 is 0 Å². The Balaban J connectivity index is 8.01. The second-order valence-corrected chi connectivity index (χ2v) is 10.8. The van der Waals surface area contributed by atoms with E-state index in [0.29, 0.717) is 0 Å². The number of esters is 6. The number of rotatable bonds is 21. The average molecular weight is 747 g/mol. The Hall–Kier alpha value is -1.24. The zero-order valence-electron chi connectivity index (χ0n) is 22.9. The molecule has 16 nitrogen and oxygen atoms in total. The van der Waals surface area contributed by atoms with Crippen LogP contribution in [-0.2, 0) is 57.2 Å². The lowest BCUT2D eigenvalue weighted by molar-refractivity contribution is -0.560. The van der Waals surface area contributed by atoms with Gasteiger partial charge in [-0.3, -0.25) is 28.8 Å². The van der Waals surface area contributed by atoms with Crippen molar-refractivity contribution in [1.29, 1.82) is 0 Å². The summed E-state index contributed by atoms with van der Waals surface area (Å²) in [6, 6.07) is 0. The van der Waals surface area contributed by atoms with Crippen LogP contribution in [0.2, 0.25) is 0 Å². The van der Waals surface area contributed by atoms with Crippen LogP contribution < -0.4 is 0 Å². The molecular weight excluding hydrogens is 713 g/mol. The molecule has 0 fully saturated rings. The minimum absolute atomic E-state index is 0.287. The fourth-order valence-corrected chi connectivity index (χ4v) is 3.91. The molecule has 0 unspecified atom stereocenters. The minimum atomic E-state index is -4.75. The van der Waals surface area contributed by atoms with Gasteiger partial charge >= 0.3 is 59.3 Å². The molecule has 0 aromatic carbocycles. The van der Waals surface area contributed by atoms with Gasteiger partial charge in [-0.25, -0.2) is 0 Å². The van der Waals surface area contributed by atoms with Gasteiger partial charge in [-0.1, -0.05) is 0 Å². The Kier molecular flexibility index (Phi) is 19.5. The standard InChI is InChI=1S/C22H34O16S6/c23-13(1-7-39)33-19(29,21(31,35-15(25)3-9-41)36-16(26)4-10-42)20(30,34-14(24)2-8-40)22(32,37-17(27)5-11-43)38-18(28)6-12-44/h29-32,39-44H,1-12H2/t19-,20+. The van der Waals surface area contributed by atoms with Gasteiger partial charge in [0.05, 0.1) is 38.5 Å². The molecule has 22 heteroatoms. The van der Waals surface area contributed by atoms with Crippen molar-refractivity contribution in [2.75, 3.05) is 34.5 Å². The highest BCUT2D eigenvalue weighted by Crippen LogP contribution is 2.46. The molecule has 0 bridgehead atoms. The van der Waals surface area contributed by atoms with Gasteiger partial charge in [-0.15, -0.1) is 0 Å². The fourth-order valence-electron chi connectivity index (χ4n) is 2.81. The van der Waals surface area contributed by atoms with Crippen LogP contribution in [0.3, 0.4) is 0 Å². The number of thiol groups is 6. The van der Waals surface area contributed by atoms with E-state index in [2.05, 4.69) is 75.8 Å². The van der Waals surface area contributed by atoms with Crippen LogP contribution in [0.4, 0.5) is 0 Å². The highest BCUT2D eigenvalue weighted by Gasteiger charge is 2.85. The lowest BCUT2D eigenvalue weighted by atomic mass is 9.98. The summed E-state index contributed by atoms with van der Waals surface area (Å²) in [6.45, 7) is 0. The second-order valence-electron chi connectivity index (χ2n) is 8.14. The molecule has 254 valence electrons. The average Bonchev–Trinajstić information content (AvgIpc) is 2.88. The van der Waals surface area contributed by atoms with Gasteiger partial charge in [0, 0.05) is 34.5 Å². The largest absolute Gasteiger partial charge is 0.451 e. The first-order valence-corrected chi connectivity index (χ1v) is 16.1. The quantitative estimate of drug-likeness (QED) is 0.0288. The summed E-state index contributed by atoms with van der Waals surface area (Å²) in [5.41, 5.74) is 0. The molecule has 0 aliphatic carbocycles. The summed E-state index contributed by atoms with van der Waals surface area (Å²) in [7, 11) is 0. The molecule has 0 amide bonds. The smallest absolute Gasteiger partial charge is 0.416 e. The highest BCUT2D eigenvalue weighted by molar-refractivity contribution is 7.81. The first-order valence-electron chi connectivity index (χ1n) is 12.3. The van der Waals surface area contributed by atoms with Crippen molar-refractivity contribution in [3.63, 3.8) is 0 Å². The molecule has 0 radical (unpaired) electrons. The molecule has 0 aliphatic heterocycles. The third-order valence-electron chi connectivity index (χ3n) is 4.74. The lowest BCUT2D eigenvalue weighted by Crippen LogP contribution is -2.81. The molecule has 0 heterocycles. The van der Waals surface area contributed by atoms with Crippen LogP contribution in [0.5, 0.6) is 0 Å². The monoisotopic (exact) mass is 746 g/mol. The number of hydrogen-bond donors (Lipinski definition) is 10. The normalized spacial score (nSPS) is 14.3. The van der Waals surface area contributed by atoms with Gasteiger partial charge in [-0.2, -0.15) is 75.8 Å². The topological polar surface area (TPSA) is 239 Å². The molecular formula is C22H34O16S6. The molecule has 0 saturated carbocycles. The third kappa shape index (κ3) is 11.8. The molecule has 0 aromatic heterocycles. The Morgan fingerprint density at radius 1 is 0.364 bits per heavy atom. The summed E-state index contributed by atoms with van der Waals surface area (Å²) < 4.78 is 28.4. The van der Waals surface area contributed by atoms with E-state index in [0.717, 1.165) is 0 Å². The predicted octanol–water partition coefficient (Wildman–Crippen LogP) is -1.17. The van der Waals surface area contributed by atoms with Crippen LogP contribution >= 0.6 is 75.8 Å². The van der Waals surface area contributed by atoms with Crippen molar-refractivity contribution in [1.82, 2.24) is 0 Å². The van der Waals surface area contributed by atoms with Gasteiger partial charge < -0.3 is 48.8 Å². The zero-order valence-corrected chi connectivity index (χ0v) is 28.2. The van der Waals surface area contributed by atoms with Crippen molar-refractivity contribution in [3.05, 3.63) is 0 Å². The fraction of sp³-hybridized carbons (Fsp3) is 0.727. The van der Waals surface area contributed by atoms with Crippen LogP contribution in [0.15, 0.2) is 0 Å². The number of hydrogen-bond acceptors (Lipinski definition) is 22. The van der Waals surface area contributed by atoms with Crippen molar-refractivity contribution in [2.24, 2.45) is 0 Å². The van der Waals surface area contributed by atoms with Gasteiger partial charge in [0.25, 0.3) is 0 Å². The maximum atomic E-state index is 12.7. The molecule has 2 atom stereocenters. The van der Waals surface area contributed by atoms with E-state index in [1.165, 1.54) is 0 Å². The van der Waals surface area contributed by atoms with Crippen LogP contribution in [0.1, 0.15) is 38.5 Å². The Morgan fingerprint density at radius 3 is 0.682 bits per heavy atom. The zero-order chi connectivity index (χ0) is 34.2. The minimum Gasteiger partial charge on any atom is -0.416 e. The maximum absolute atomic E-state index is 12.7. The van der Waals surface area contributed by atoms with E-state index in [4.69, 9.17) is 28.4 Å². The van der Waals surface area contributed by atoms with Crippen LogP contribution in [-0.4, -0.2) is 114 Å². The summed E-state index contributed by atoms with van der Waals surface area (Å²) in [5, 5.41) is 46.8. The lowest BCUT2D eigenvalue weighted by Gasteiger charge is -2.49. The van der Waals surface area contributed by atoms with E-state index in [9.17, 15) is 49.2 Å². The van der Waals surface area contributed by atoms with Gasteiger partial charge in [0.1, 0.15) is 0 Å². The molecule has 0 rings (SSSR count). The van der Waals surface area contributed by atoms with Gasteiger partial charge in [-0.05, 0) is 0 Å². The molecule has 4 N–H and O–H groups in total. The first kappa shape index (κ1) is 42.8. The number of carbonyl (C=O) groups is 6. The SMILES string of the molecule is O=C(CCS)OC(O)(OC(=O)CCS)[C@](O)(OC(=O)CCS)[C@](O)(OC(=O)CCS)C(O)(OC(=O)CCS)OC(=O)CCS. The highest BCUT2D eigenvalue weighted by atomic mass is 32.1. The summed E-state index contributed by atoms with van der Waals surface area (Å²) in [5.74, 6) is -29.8. The molecule has 44 heavy (non-hydrogen) atoms.